The van der Waals surface area contributed by atoms with Crippen LogP contribution < -0.4 is 19.3 Å². The zero-order valence-corrected chi connectivity index (χ0v) is 18.8. The van der Waals surface area contributed by atoms with Crippen LogP contribution >= 0.6 is 23.2 Å². The number of hydrogen-bond acceptors (Lipinski definition) is 5. The molecule has 0 spiro atoms. The molecule has 8 nitrogen and oxygen atoms in total. The van der Waals surface area contributed by atoms with Crippen LogP contribution in [0.25, 0.3) is 0 Å². The van der Waals surface area contributed by atoms with Crippen LogP contribution in [0.3, 0.4) is 0 Å². The monoisotopic (exact) mass is 476 g/mol. The number of anilines is 2. The molecule has 0 saturated carbocycles. The Hall–Kier alpha value is -2.84. The van der Waals surface area contributed by atoms with Crippen molar-refractivity contribution >= 4 is 46.5 Å². The molecule has 2 saturated heterocycles. The third-order valence-corrected chi connectivity index (χ3v) is 6.80. The topological polar surface area (TPSA) is 65.6 Å². The Morgan fingerprint density at radius 2 is 1.72 bits per heavy atom. The Labute approximate surface area is 195 Å². The van der Waals surface area contributed by atoms with Gasteiger partial charge in [0.15, 0.2) is 11.5 Å². The average Bonchev–Trinajstić information content (AvgIpc) is 3.42. The first-order valence-corrected chi connectivity index (χ1v) is 11.2. The van der Waals surface area contributed by atoms with Crippen molar-refractivity contribution in [3.05, 3.63) is 46.4 Å². The highest BCUT2D eigenvalue weighted by Crippen LogP contribution is 2.36. The number of ether oxygens (including phenoxy) is 2. The molecule has 2 aromatic rings. The molecule has 5 rings (SSSR count). The number of benzene rings is 2. The van der Waals surface area contributed by atoms with Crippen LogP contribution in [0.4, 0.5) is 16.2 Å². The fourth-order valence-corrected chi connectivity index (χ4v) is 4.63. The second-order valence-corrected chi connectivity index (χ2v) is 8.62. The highest BCUT2D eigenvalue weighted by atomic mass is 35.5. The standard InChI is InChI=1S/C22H22Cl2N4O4/c23-16-2-1-3-17(21(16)24)25-6-8-26(9-7-25)20(29)13-27-10-11-28(22(27)30)15-4-5-18-19(12-15)32-14-31-18/h1-5,12H,6-11,13-14H2. The molecule has 0 N–H and O–H groups in total. The SMILES string of the molecule is O=C(CN1CCN(c2ccc3c(c2)OCO3)C1=O)N1CCN(c2cccc(Cl)c2Cl)CC1. The van der Waals surface area contributed by atoms with Crippen LogP contribution in [0.2, 0.25) is 10.0 Å². The minimum Gasteiger partial charge on any atom is -0.454 e. The Morgan fingerprint density at radius 1 is 0.938 bits per heavy atom. The molecule has 3 aliphatic heterocycles. The van der Waals surface area contributed by atoms with E-state index in [1.54, 1.807) is 32.9 Å². The van der Waals surface area contributed by atoms with Crippen LogP contribution in [-0.4, -0.2) is 74.3 Å². The van der Waals surface area contributed by atoms with E-state index in [2.05, 4.69) is 4.90 Å². The fourth-order valence-electron chi connectivity index (χ4n) is 4.22. The number of fused-ring (bicyclic) bond motifs is 1. The number of carbonyl (C=O) groups is 2. The molecule has 0 atom stereocenters. The van der Waals surface area contributed by atoms with E-state index < -0.39 is 0 Å². The molecule has 168 valence electrons. The second-order valence-electron chi connectivity index (χ2n) is 7.83. The predicted molar refractivity (Wildman–Crippen MR) is 122 cm³/mol. The highest BCUT2D eigenvalue weighted by molar-refractivity contribution is 6.43. The summed E-state index contributed by atoms with van der Waals surface area (Å²) in [4.78, 5) is 33.0. The summed E-state index contributed by atoms with van der Waals surface area (Å²) in [5.74, 6) is 1.25. The van der Waals surface area contributed by atoms with E-state index >= 15 is 0 Å². The van der Waals surface area contributed by atoms with Crippen molar-refractivity contribution in [2.75, 3.05) is 62.4 Å². The van der Waals surface area contributed by atoms with Gasteiger partial charge >= 0.3 is 6.03 Å². The molecule has 0 unspecified atom stereocenters. The number of rotatable bonds is 4. The molecule has 0 aromatic heterocycles. The van der Waals surface area contributed by atoms with E-state index in [-0.39, 0.29) is 25.3 Å². The van der Waals surface area contributed by atoms with Crippen LogP contribution in [0.1, 0.15) is 0 Å². The molecular formula is C22H22Cl2N4O4. The number of piperazine rings is 1. The first kappa shape index (κ1) is 21.0. The Kier molecular flexibility index (Phi) is 5.65. The highest BCUT2D eigenvalue weighted by Gasteiger charge is 2.33. The van der Waals surface area contributed by atoms with Crippen LogP contribution in [-0.2, 0) is 4.79 Å². The summed E-state index contributed by atoms with van der Waals surface area (Å²) in [6.07, 6.45) is 0. The first-order chi connectivity index (χ1) is 15.5. The normalized spacial score (nSPS) is 18.0. The van der Waals surface area contributed by atoms with Crippen molar-refractivity contribution in [2.45, 2.75) is 0 Å². The molecule has 0 radical (unpaired) electrons. The summed E-state index contributed by atoms with van der Waals surface area (Å²) in [5.41, 5.74) is 1.61. The van der Waals surface area contributed by atoms with E-state index in [1.165, 1.54) is 0 Å². The van der Waals surface area contributed by atoms with E-state index in [9.17, 15) is 9.59 Å². The van der Waals surface area contributed by atoms with Gasteiger partial charge in [-0.3, -0.25) is 9.69 Å². The lowest BCUT2D eigenvalue weighted by atomic mass is 10.2. The predicted octanol–water partition coefficient (Wildman–Crippen LogP) is 3.31. The molecule has 32 heavy (non-hydrogen) atoms. The van der Waals surface area contributed by atoms with Crippen molar-refractivity contribution in [1.29, 1.82) is 0 Å². The third-order valence-electron chi connectivity index (χ3n) is 5.99. The molecule has 10 heteroatoms. The zero-order valence-electron chi connectivity index (χ0n) is 17.3. The lowest BCUT2D eigenvalue weighted by Crippen LogP contribution is -2.51. The number of nitrogens with zero attached hydrogens (tertiary/aromatic N) is 4. The van der Waals surface area contributed by atoms with E-state index in [4.69, 9.17) is 32.7 Å². The van der Waals surface area contributed by atoms with Crippen molar-refractivity contribution in [3.8, 4) is 11.5 Å². The summed E-state index contributed by atoms with van der Waals surface area (Å²) in [6.45, 7) is 3.71. The molecular weight excluding hydrogens is 455 g/mol. The molecule has 2 fully saturated rings. The molecule has 3 amide bonds. The summed E-state index contributed by atoms with van der Waals surface area (Å²) in [7, 11) is 0. The van der Waals surface area contributed by atoms with E-state index in [1.807, 2.05) is 18.2 Å². The van der Waals surface area contributed by atoms with Gasteiger partial charge in [-0.2, -0.15) is 0 Å². The van der Waals surface area contributed by atoms with E-state index in [0.29, 0.717) is 60.8 Å². The Balaban J connectivity index is 1.17. The smallest absolute Gasteiger partial charge is 0.325 e. The Morgan fingerprint density at radius 3 is 2.53 bits per heavy atom. The van der Waals surface area contributed by atoms with Crippen LogP contribution in [0.5, 0.6) is 11.5 Å². The van der Waals surface area contributed by atoms with E-state index in [0.717, 1.165) is 11.4 Å². The van der Waals surface area contributed by atoms with Gasteiger partial charge in [-0.1, -0.05) is 29.3 Å². The largest absolute Gasteiger partial charge is 0.454 e. The van der Waals surface area contributed by atoms with Crippen molar-refractivity contribution in [3.63, 3.8) is 0 Å². The number of urea groups is 1. The van der Waals surface area contributed by atoms with Crippen LogP contribution in [0.15, 0.2) is 36.4 Å². The van der Waals surface area contributed by atoms with Gasteiger partial charge in [-0.25, -0.2) is 4.79 Å². The van der Waals surface area contributed by atoms with Gasteiger partial charge in [0.1, 0.15) is 6.54 Å². The summed E-state index contributed by atoms with van der Waals surface area (Å²) >= 11 is 12.5. The zero-order chi connectivity index (χ0) is 22.2. The molecule has 2 aromatic carbocycles. The first-order valence-electron chi connectivity index (χ1n) is 10.4. The maximum Gasteiger partial charge on any atom is 0.325 e. The lowest BCUT2D eigenvalue weighted by molar-refractivity contribution is -0.131. The van der Waals surface area contributed by atoms with Crippen LogP contribution in [0, 0.1) is 0 Å². The number of hydrogen-bond donors (Lipinski definition) is 0. The molecule has 0 aliphatic carbocycles. The molecule has 3 aliphatic rings. The van der Waals surface area contributed by atoms with Gasteiger partial charge in [0.25, 0.3) is 0 Å². The average molecular weight is 477 g/mol. The van der Waals surface area contributed by atoms with Gasteiger partial charge in [0, 0.05) is 51.0 Å². The van der Waals surface area contributed by atoms with Gasteiger partial charge in [-0.15, -0.1) is 0 Å². The fraction of sp³-hybridized carbons (Fsp3) is 0.364. The minimum atomic E-state index is -0.179. The molecule has 0 bridgehead atoms. The maximum atomic E-state index is 12.9. The third kappa shape index (κ3) is 3.89. The van der Waals surface area contributed by atoms with Crippen molar-refractivity contribution in [2.24, 2.45) is 0 Å². The maximum absolute atomic E-state index is 12.9. The van der Waals surface area contributed by atoms with Gasteiger partial charge in [-0.05, 0) is 24.3 Å². The number of amides is 3. The lowest BCUT2D eigenvalue weighted by Gasteiger charge is -2.37. The van der Waals surface area contributed by atoms with Crippen molar-refractivity contribution in [1.82, 2.24) is 9.80 Å². The van der Waals surface area contributed by atoms with Crippen molar-refractivity contribution < 1.29 is 19.1 Å². The van der Waals surface area contributed by atoms with Gasteiger partial charge < -0.3 is 24.2 Å². The summed E-state index contributed by atoms with van der Waals surface area (Å²) in [5, 5.41) is 1.04. The second kappa shape index (κ2) is 8.60. The Bertz CT molecular complexity index is 1060. The summed E-state index contributed by atoms with van der Waals surface area (Å²) in [6, 6.07) is 10.8. The minimum absolute atomic E-state index is 0.0530. The number of halogens is 2. The number of carbonyl (C=O) groups excluding carboxylic acids is 2. The molecule has 3 heterocycles. The van der Waals surface area contributed by atoms with Gasteiger partial charge in [0.2, 0.25) is 12.7 Å². The summed E-state index contributed by atoms with van der Waals surface area (Å²) < 4.78 is 10.7. The quantitative estimate of drug-likeness (QED) is 0.676. The van der Waals surface area contributed by atoms with Gasteiger partial charge in [0.05, 0.1) is 15.7 Å².